The number of rotatable bonds is 4. The SMILES string of the molecule is COc1ccc(/C(C)=C\C(=O)Cl)cc1OC. The molecule has 0 bridgehead atoms. The fourth-order valence-electron chi connectivity index (χ4n) is 1.34. The lowest BCUT2D eigenvalue weighted by Crippen LogP contribution is -1.92. The van der Waals surface area contributed by atoms with Gasteiger partial charge in [-0.3, -0.25) is 4.79 Å². The molecule has 0 saturated heterocycles. The number of methoxy groups -OCH3 is 2. The highest BCUT2D eigenvalue weighted by Gasteiger charge is 2.06. The number of hydrogen-bond donors (Lipinski definition) is 0. The van der Waals surface area contributed by atoms with Crippen LogP contribution in [0.5, 0.6) is 11.5 Å². The topological polar surface area (TPSA) is 35.5 Å². The lowest BCUT2D eigenvalue weighted by atomic mass is 10.1. The fourth-order valence-corrected chi connectivity index (χ4v) is 1.50. The summed E-state index contributed by atoms with van der Waals surface area (Å²) >= 11 is 5.28. The molecule has 0 unspecified atom stereocenters. The maximum Gasteiger partial charge on any atom is 0.245 e. The highest BCUT2D eigenvalue weighted by molar-refractivity contribution is 6.67. The number of carbonyl (C=O) groups excluding carboxylic acids is 1. The third kappa shape index (κ3) is 3.00. The summed E-state index contributed by atoms with van der Waals surface area (Å²) in [6, 6.07) is 5.42. The Bertz CT molecular complexity index is 424. The average molecular weight is 241 g/mol. The van der Waals surface area contributed by atoms with Gasteiger partial charge in [-0.2, -0.15) is 0 Å². The van der Waals surface area contributed by atoms with Crippen LogP contribution in [0, 0.1) is 0 Å². The Kier molecular flexibility index (Phi) is 4.38. The van der Waals surface area contributed by atoms with Crippen LogP contribution in [0.1, 0.15) is 12.5 Å². The molecule has 0 amide bonds. The van der Waals surface area contributed by atoms with E-state index >= 15 is 0 Å². The van der Waals surface area contributed by atoms with Gasteiger partial charge in [-0.1, -0.05) is 6.07 Å². The first-order chi connectivity index (χ1) is 7.58. The van der Waals surface area contributed by atoms with E-state index in [0.717, 1.165) is 11.1 Å². The number of hydrogen-bond acceptors (Lipinski definition) is 3. The molecule has 0 heterocycles. The van der Waals surface area contributed by atoms with Crippen LogP contribution in [0.15, 0.2) is 24.3 Å². The van der Waals surface area contributed by atoms with Crippen LogP contribution >= 0.6 is 11.6 Å². The van der Waals surface area contributed by atoms with Gasteiger partial charge in [0.2, 0.25) is 5.24 Å². The molecule has 0 radical (unpaired) electrons. The van der Waals surface area contributed by atoms with Crippen LogP contribution in [0.2, 0.25) is 0 Å². The van der Waals surface area contributed by atoms with E-state index in [1.54, 1.807) is 26.4 Å². The van der Waals surface area contributed by atoms with Gasteiger partial charge in [0, 0.05) is 6.08 Å². The van der Waals surface area contributed by atoms with Crippen molar-refractivity contribution in [1.29, 1.82) is 0 Å². The number of carbonyl (C=O) groups is 1. The number of allylic oxidation sites excluding steroid dienone is 2. The maximum atomic E-state index is 10.7. The molecule has 3 nitrogen and oxygen atoms in total. The van der Waals surface area contributed by atoms with Crippen molar-refractivity contribution in [2.24, 2.45) is 0 Å². The molecule has 0 aliphatic heterocycles. The van der Waals surface area contributed by atoms with Crippen molar-refractivity contribution in [2.75, 3.05) is 14.2 Å². The van der Waals surface area contributed by atoms with E-state index < -0.39 is 5.24 Å². The van der Waals surface area contributed by atoms with Gasteiger partial charge in [-0.25, -0.2) is 0 Å². The van der Waals surface area contributed by atoms with E-state index in [1.165, 1.54) is 6.08 Å². The second-order valence-electron chi connectivity index (χ2n) is 3.20. The predicted octanol–water partition coefficient (Wildman–Crippen LogP) is 2.87. The van der Waals surface area contributed by atoms with Crippen molar-refractivity contribution in [2.45, 2.75) is 6.92 Å². The average Bonchev–Trinajstić information content (AvgIpc) is 2.27. The van der Waals surface area contributed by atoms with Gasteiger partial charge >= 0.3 is 0 Å². The van der Waals surface area contributed by atoms with E-state index in [4.69, 9.17) is 21.1 Å². The largest absolute Gasteiger partial charge is 0.493 e. The van der Waals surface area contributed by atoms with E-state index in [-0.39, 0.29) is 0 Å². The Labute approximate surface area is 99.6 Å². The molecule has 0 aliphatic carbocycles. The molecule has 0 atom stereocenters. The van der Waals surface area contributed by atoms with Crippen LogP contribution in [0.25, 0.3) is 5.57 Å². The smallest absolute Gasteiger partial charge is 0.245 e. The molecular formula is C12H13ClO3. The Morgan fingerprint density at radius 2 is 1.88 bits per heavy atom. The van der Waals surface area contributed by atoms with Gasteiger partial charge in [0.15, 0.2) is 11.5 Å². The van der Waals surface area contributed by atoms with Crippen molar-refractivity contribution in [3.8, 4) is 11.5 Å². The van der Waals surface area contributed by atoms with Crippen LogP contribution in [0.4, 0.5) is 0 Å². The van der Waals surface area contributed by atoms with Gasteiger partial charge in [0.05, 0.1) is 14.2 Å². The number of benzene rings is 1. The molecule has 0 aliphatic rings. The minimum absolute atomic E-state index is 0.493. The zero-order valence-electron chi connectivity index (χ0n) is 9.41. The van der Waals surface area contributed by atoms with Crippen molar-refractivity contribution >= 4 is 22.4 Å². The van der Waals surface area contributed by atoms with Crippen LogP contribution < -0.4 is 9.47 Å². The van der Waals surface area contributed by atoms with E-state index in [0.29, 0.717) is 11.5 Å². The molecule has 1 aromatic carbocycles. The summed E-state index contributed by atoms with van der Waals surface area (Å²) < 4.78 is 10.3. The predicted molar refractivity (Wildman–Crippen MR) is 64.1 cm³/mol. The first kappa shape index (κ1) is 12.6. The fraction of sp³-hybridized carbons (Fsp3) is 0.250. The van der Waals surface area contributed by atoms with Crippen molar-refractivity contribution in [1.82, 2.24) is 0 Å². The summed E-state index contributed by atoms with van der Waals surface area (Å²) in [6.45, 7) is 1.81. The quantitative estimate of drug-likeness (QED) is 0.600. The molecule has 1 rings (SSSR count). The zero-order chi connectivity index (χ0) is 12.1. The summed E-state index contributed by atoms with van der Waals surface area (Å²) in [7, 11) is 3.13. The molecule has 4 heteroatoms. The molecule has 86 valence electrons. The molecule has 16 heavy (non-hydrogen) atoms. The summed E-state index contributed by atoms with van der Waals surface area (Å²) in [5, 5.41) is -0.493. The Morgan fingerprint density at radius 1 is 1.25 bits per heavy atom. The van der Waals surface area contributed by atoms with Crippen LogP contribution in [-0.4, -0.2) is 19.5 Å². The van der Waals surface area contributed by atoms with Crippen molar-refractivity contribution in [3.05, 3.63) is 29.8 Å². The van der Waals surface area contributed by atoms with Crippen molar-refractivity contribution < 1.29 is 14.3 Å². The second kappa shape index (κ2) is 5.56. The molecule has 0 aromatic heterocycles. The minimum Gasteiger partial charge on any atom is -0.493 e. The molecule has 1 aromatic rings. The van der Waals surface area contributed by atoms with Gasteiger partial charge in [-0.05, 0) is 41.8 Å². The zero-order valence-corrected chi connectivity index (χ0v) is 10.2. The summed E-state index contributed by atoms with van der Waals surface area (Å²) in [5.41, 5.74) is 1.65. The Morgan fingerprint density at radius 3 is 2.38 bits per heavy atom. The number of halogens is 1. The highest BCUT2D eigenvalue weighted by Crippen LogP contribution is 2.30. The van der Waals surface area contributed by atoms with Gasteiger partial charge in [0.25, 0.3) is 0 Å². The van der Waals surface area contributed by atoms with Gasteiger partial charge < -0.3 is 9.47 Å². The summed E-state index contributed by atoms with van der Waals surface area (Å²) in [6.07, 6.45) is 1.36. The first-order valence-corrected chi connectivity index (χ1v) is 5.06. The maximum absolute atomic E-state index is 10.7. The summed E-state index contributed by atoms with van der Waals surface area (Å²) in [5.74, 6) is 1.27. The van der Waals surface area contributed by atoms with Crippen molar-refractivity contribution in [3.63, 3.8) is 0 Å². The van der Waals surface area contributed by atoms with E-state index in [1.807, 2.05) is 13.0 Å². The third-order valence-electron chi connectivity index (χ3n) is 2.17. The highest BCUT2D eigenvalue weighted by atomic mass is 35.5. The van der Waals surface area contributed by atoms with E-state index in [9.17, 15) is 4.79 Å². The molecule has 0 spiro atoms. The number of ether oxygens (including phenoxy) is 2. The lowest BCUT2D eigenvalue weighted by molar-refractivity contribution is -0.107. The summed E-state index contributed by atoms with van der Waals surface area (Å²) in [4.78, 5) is 10.7. The Hall–Kier alpha value is -1.48. The van der Waals surface area contributed by atoms with E-state index in [2.05, 4.69) is 0 Å². The standard InChI is InChI=1S/C12H13ClO3/c1-8(6-12(13)14)9-4-5-10(15-2)11(7-9)16-3/h4-7H,1-3H3/b8-6-. The first-order valence-electron chi connectivity index (χ1n) is 4.68. The molecular weight excluding hydrogens is 228 g/mol. The van der Waals surface area contributed by atoms with Crippen LogP contribution in [-0.2, 0) is 4.79 Å². The second-order valence-corrected chi connectivity index (χ2v) is 3.57. The van der Waals surface area contributed by atoms with Crippen LogP contribution in [0.3, 0.4) is 0 Å². The normalized spacial score (nSPS) is 11.1. The Balaban J connectivity index is 3.13. The third-order valence-corrected chi connectivity index (χ3v) is 2.28. The molecule has 0 N–H and O–H groups in total. The molecule has 0 saturated carbocycles. The van der Waals surface area contributed by atoms with Gasteiger partial charge in [0.1, 0.15) is 0 Å². The van der Waals surface area contributed by atoms with Gasteiger partial charge in [-0.15, -0.1) is 0 Å². The molecule has 0 fully saturated rings. The monoisotopic (exact) mass is 240 g/mol. The minimum atomic E-state index is -0.493. The lowest BCUT2D eigenvalue weighted by Gasteiger charge is -2.09.